The Morgan fingerprint density at radius 1 is 1.31 bits per heavy atom. The molecule has 4 heterocycles. The van der Waals surface area contributed by atoms with Gasteiger partial charge in [-0.2, -0.15) is 0 Å². The van der Waals surface area contributed by atoms with Crippen molar-refractivity contribution in [2.45, 2.75) is 13.8 Å². The molecule has 0 bridgehead atoms. The molecule has 1 fully saturated rings. The maximum Gasteiger partial charge on any atom is 0.138 e. The van der Waals surface area contributed by atoms with Crippen LogP contribution in [0.25, 0.3) is 22.2 Å². The third kappa shape index (κ3) is 4.99. The Kier molecular flexibility index (Phi) is 7.66. The smallest absolute Gasteiger partial charge is 0.138 e. The van der Waals surface area contributed by atoms with Gasteiger partial charge in [-0.1, -0.05) is 25.3 Å². The van der Waals surface area contributed by atoms with Gasteiger partial charge in [0, 0.05) is 81.2 Å². The average molecular weight is 469 g/mol. The number of fused-ring (bicyclic) bond motifs is 1. The van der Waals surface area contributed by atoms with Crippen LogP contribution in [0.5, 0.6) is 0 Å². The Hall–Kier alpha value is -3.86. The second-order valence-corrected chi connectivity index (χ2v) is 8.58. The van der Waals surface area contributed by atoms with E-state index in [4.69, 9.17) is 0 Å². The Bertz CT molecular complexity index is 1310. The summed E-state index contributed by atoms with van der Waals surface area (Å²) in [6, 6.07) is 2.06. The molecule has 4 rings (SSSR count). The summed E-state index contributed by atoms with van der Waals surface area (Å²) in [7, 11) is 2.15. The summed E-state index contributed by atoms with van der Waals surface area (Å²) in [6.07, 6.45) is 16.0. The van der Waals surface area contributed by atoms with E-state index in [0.29, 0.717) is 0 Å². The van der Waals surface area contributed by atoms with Gasteiger partial charge in [0.1, 0.15) is 5.65 Å². The summed E-state index contributed by atoms with van der Waals surface area (Å²) >= 11 is 0. The van der Waals surface area contributed by atoms with Gasteiger partial charge in [0.25, 0.3) is 0 Å². The topological polar surface area (TPSA) is 59.6 Å². The number of rotatable bonds is 7. The van der Waals surface area contributed by atoms with Gasteiger partial charge in [-0.05, 0) is 55.8 Å². The molecule has 0 saturated carbocycles. The summed E-state index contributed by atoms with van der Waals surface area (Å²) in [5, 5.41) is 4.50. The van der Waals surface area contributed by atoms with Gasteiger partial charge < -0.3 is 20.1 Å². The minimum absolute atomic E-state index is 0. The molecule has 0 atom stereocenters. The number of nitrogens with one attached hydrogen (secondary N) is 2. The van der Waals surface area contributed by atoms with Crippen LogP contribution in [0, 0.1) is 0 Å². The third-order valence-corrected chi connectivity index (χ3v) is 6.46. The number of H-pyrrole nitrogens is 1. The molecule has 35 heavy (non-hydrogen) atoms. The second kappa shape index (κ2) is 11.0. The molecule has 2 aliphatic rings. The summed E-state index contributed by atoms with van der Waals surface area (Å²) < 4.78 is 0. The van der Waals surface area contributed by atoms with Gasteiger partial charge in [0.2, 0.25) is 0 Å². The molecule has 0 aromatic carbocycles. The number of hydrogen-bond acceptors (Lipinski definition) is 5. The summed E-state index contributed by atoms with van der Waals surface area (Å²) in [4.78, 5) is 17.1. The summed E-state index contributed by atoms with van der Waals surface area (Å²) in [5.41, 5.74) is 11.3. The first-order valence-electron chi connectivity index (χ1n) is 12.1. The monoisotopic (exact) mass is 468 g/mol. The summed E-state index contributed by atoms with van der Waals surface area (Å²) in [5.74, 6) is 0. The van der Waals surface area contributed by atoms with Crippen LogP contribution < -0.4 is 5.32 Å². The number of likely N-dealkylation sites (N-methyl/N-ethyl adjacent to an activating group) is 1. The Morgan fingerprint density at radius 3 is 2.80 bits per heavy atom. The molecule has 182 valence electrons. The first-order valence-corrected chi connectivity index (χ1v) is 12.1. The van der Waals surface area contributed by atoms with Gasteiger partial charge in [-0.15, -0.1) is 5.73 Å². The number of aliphatic imine (C=N–C) groups is 1. The van der Waals surface area contributed by atoms with E-state index in [1.54, 1.807) is 0 Å². The SMILES string of the molecule is C=C=C(/C(C=C)=C1\C=C(c2c[nH]c3nccc(/C(C=NCC)=C/C)c23)C=CN1)N1CCN(C)CC1.[HH]. The lowest BCUT2D eigenvalue weighted by Crippen LogP contribution is -2.44. The zero-order valence-corrected chi connectivity index (χ0v) is 20.9. The Labute approximate surface area is 209 Å². The summed E-state index contributed by atoms with van der Waals surface area (Å²) in [6.45, 7) is 16.8. The third-order valence-electron chi connectivity index (χ3n) is 6.46. The predicted molar refractivity (Wildman–Crippen MR) is 150 cm³/mol. The van der Waals surface area contributed by atoms with Gasteiger partial charge in [-0.3, -0.25) is 4.99 Å². The maximum atomic E-state index is 4.58. The molecule has 6 nitrogen and oxygen atoms in total. The number of pyridine rings is 1. The van der Waals surface area contributed by atoms with Crippen molar-refractivity contribution >= 4 is 28.4 Å². The zero-order valence-electron chi connectivity index (χ0n) is 20.9. The molecule has 2 aromatic rings. The fraction of sp³-hybridized carbons (Fsp3) is 0.276. The Balaban J connectivity index is 0.00000361. The normalized spacial score (nSPS) is 18.4. The first-order chi connectivity index (χ1) is 17.1. The molecule has 2 aliphatic heterocycles. The molecule has 0 radical (unpaired) electrons. The highest BCUT2D eigenvalue weighted by atomic mass is 15.3. The van der Waals surface area contributed by atoms with E-state index < -0.39 is 0 Å². The van der Waals surface area contributed by atoms with Crippen LogP contribution in [0.3, 0.4) is 0 Å². The van der Waals surface area contributed by atoms with E-state index in [-0.39, 0.29) is 1.43 Å². The van der Waals surface area contributed by atoms with E-state index in [9.17, 15) is 0 Å². The fourth-order valence-corrected chi connectivity index (χ4v) is 4.55. The quantitative estimate of drug-likeness (QED) is 0.435. The predicted octanol–water partition coefficient (Wildman–Crippen LogP) is 5.16. The lowest BCUT2D eigenvalue weighted by Gasteiger charge is -2.35. The number of nitrogens with zero attached hydrogens (tertiary/aromatic N) is 4. The molecule has 6 heteroatoms. The van der Waals surface area contributed by atoms with Crippen molar-refractivity contribution in [2.24, 2.45) is 4.99 Å². The molecule has 1 saturated heterocycles. The van der Waals surface area contributed by atoms with Crippen LogP contribution >= 0.6 is 0 Å². The van der Waals surface area contributed by atoms with Crippen molar-refractivity contribution in [2.75, 3.05) is 39.8 Å². The van der Waals surface area contributed by atoms with Gasteiger partial charge in [0.05, 0.1) is 5.70 Å². The van der Waals surface area contributed by atoms with Crippen molar-refractivity contribution in [3.05, 3.63) is 95.9 Å². The standard InChI is InChI=1S/C29H34N6.H2/c1-6-21(19-30-9-4)24-11-13-32-29-28(24)25(20-33-29)22-10-12-31-26(18-22)23(7-2)27(8-3)35-16-14-34(5)15-17-35;/h6-7,10-13,18-20,31H,2-3,9,14-17H2,1,4-5H3,(H,32,33);1H/b21-6+,26-23+,30-19?;. The molecule has 0 unspecified atom stereocenters. The van der Waals surface area contributed by atoms with Crippen LogP contribution in [0.15, 0.2) is 89.8 Å². The minimum atomic E-state index is 0. The van der Waals surface area contributed by atoms with Crippen LogP contribution in [0.1, 0.15) is 26.4 Å². The van der Waals surface area contributed by atoms with Gasteiger partial charge >= 0.3 is 0 Å². The van der Waals surface area contributed by atoms with Crippen LogP contribution in [0.2, 0.25) is 0 Å². The van der Waals surface area contributed by atoms with Crippen molar-refractivity contribution in [3.63, 3.8) is 0 Å². The van der Waals surface area contributed by atoms with Crippen molar-refractivity contribution in [1.29, 1.82) is 0 Å². The number of hydrogen-bond donors (Lipinski definition) is 2. The van der Waals surface area contributed by atoms with E-state index >= 15 is 0 Å². The first kappa shape index (κ1) is 24.3. The van der Waals surface area contributed by atoms with Crippen LogP contribution in [-0.4, -0.2) is 65.8 Å². The largest absolute Gasteiger partial charge is 0.362 e. The zero-order chi connectivity index (χ0) is 24.8. The number of aromatic amines is 1. The molecule has 2 N–H and O–H groups in total. The molecule has 0 amide bonds. The minimum Gasteiger partial charge on any atom is -0.362 e. The maximum absolute atomic E-state index is 4.58. The second-order valence-electron chi connectivity index (χ2n) is 8.58. The Morgan fingerprint density at radius 2 is 2.11 bits per heavy atom. The highest BCUT2D eigenvalue weighted by Gasteiger charge is 2.21. The molecular weight excluding hydrogens is 432 g/mol. The van der Waals surface area contributed by atoms with E-state index in [1.807, 2.05) is 44.7 Å². The van der Waals surface area contributed by atoms with E-state index in [2.05, 4.69) is 80.3 Å². The van der Waals surface area contributed by atoms with Crippen molar-refractivity contribution < 1.29 is 1.43 Å². The molecule has 2 aromatic heterocycles. The molecule has 0 aliphatic carbocycles. The lowest BCUT2D eigenvalue weighted by molar-refractivity contribution is 0.189. The average Bonchev–Trinajstić information content (AvgIpc) is 3.33. The number of dihydropyridines is 1. The van der Waals surface area contributed by atoms with Gasteiger partial charge in [0.15, 0.2) is 0 Å². The molecule has 0 spiro atoms. The fourth-order valence-electron chi connectivity index (χ4n) is 4.55. The van der Waals surface area contributed by atoms with E-state index in [1.165, 1.54) is 0 Å². The van der Waals surface area contributed by atoms with E-state index in [0.717, 1.165) is 83.0 Å². The molecular formula is C29H36N6. The van der Waals surface area contributed by atoms with Gasteiger partial charge in [-0.25, -0.2) is 4.98 Å². The highest BCUT2D eigenvalue weighted by Crippen LogP contribution is 2.33. The number of piperazine rings is 1. The number of aromatic nitrogens is 2. The van der Waals surface area contributed by atoms with Crippen molar-refractivity contribution in [3.8, 4) is 0 Å². The van der Waals surface area contributed by atoms with Crippen molar-refractivity contribution in [1.82, 2.24) is 25.1 Å². The van der Waals surface area contributed by atoms with Crippen LogP contribution in [0.4, 0.5) is 0 Å². The number of allylic oxidation sites excluding steroid dienone is 6. The van der Waals surface area contributed by atoms with Crippen LogP contribution in [-0.2, 0) is 0 Å². The lowest BCUT2D eigenvalue weighted by atomic mass is 9.95. The highest BCUT2D eigenvalue weighted by molar-refractivity contribution is 6.16.